The van der Waals surface area contributed by atoms with E-state index in [-0.39, 0.29) is 6.61 Å². The van der Waals surface area contributed by atoms with E-state index >= 15 is 0 Å². The van der Waals surface area contributed by atoms with Gasteiger partial charge in [-0.1, -0.05) is 5.21 Å². The molecule has 4 N–H and O–H groups in total. The maximum Gasteiger partial charge on any atom is 0.338 e. The van der Waals surface area contributed by atoms with Crippen molar-refractivity contribution >= 4 is 17.3 Å². The van der Waals surface area contributed by atoms with Crippen molar-refractivity contribution < 1.29 is 9.53 Å². The summed E-state index contributed by atoms with van der Waals surface area (Å²) in [5.74, 6) is -0.500. The number of nitrogens with zero attached hydrogens (tertiary/aromatic N) is 3. The van der Waals surface area contributed by atoms with Crippen molar-refractivity contribution in [2.75, 3.05) is 11.5 Å². The number of benzene rings is 1. The van der Waals surface area contributed by atoms with Crippen LogP contribution in [0.3, 0.4) is 0 Å². The van der Waals surface area contributed by atoms with Gasteiger partial charge < -0.3 is 16.2 Å². The van der Waals surface area contributed by atoms with Gasteiger partial charge in [0.1, 0.15) is 12.3 Å². The Morgan fingerprint density at radius 1 is 1.33 bits per heavy atom. The Morgan fingerprint density at radius 3 is 2.56 bits per heavy atom. The van der Waals surface area contributed by atoms with Crippen molar-refractivity contribution in [3.05, 3.63) is 35.7 Å². The van der Waals surface area contributed by atoms with Gasteiger partial charge in [0.05, 0.1) is 11.8 Å². The van der Waals surface area contributed by atoms with Gasteiger partial charge in [0, 0.05) is 18.4 Å². The fraction of sp³-hybridized carbons (Fsp3) is 0.182. The fourth-order valence-electron chi connectivity index (χ4n) is 1.48. The summed E-state index contributed by atoms with van der Waals surface area (Å²) in [5, 5.41) is 7.53. The summed E-state index contributed by atoms with van der Waals surface area (Å²) in [6.07, 6.45) is 1.67. The number of carbonyl (C=O) groups is 1. The molecular formula is C11H13N5O2. The molecule has 0 atom stereocenters. The molecule has 1 aromatic heterocycles. The van der Waals surface area contributed by atoms with E-state index in [2.05, 4.69) is 10.3 Å². The summed E-state index contributed by atoms with van der Waals surface area (Å²) >= 11 is 0. The van der Waals surface area contributed by atoms with Crippen LogP contribution in [-0.2, 0) is 18.4 Å². The predicted octanol–water partition coefficient (Wildman–Crippen LogP) is 0.336. The Hall–Kier alpha value is -2.57. The van der Waals surface area contributed by atoms with E-state index in [1.54, 1.807) is 19.3 Å². The second-order valence-electron chi connectivity index (χ2n) is 3.85. The molecule has 0 radical (unpaired) electrons. The lowest BCUT2D eigenvalue weighted by molar-refractivity contribution is 0.0468. The van der Waals surface area contributed by atoms with E-state index in [0.29, 0.717) is 22.6 Å². The third-order valence-corrected chi connectivity index (χ3v) is 2.21. The fourth-order valence-corrected chi connectivity index (χ4v) is 1.48. The number of aryl methyl sites for hydroxylation is 1. The van der Waals surface area contributed by atoms with Gasteiger partial charge in [0.2, 0.25) is 0 Å². The van der Waals surface area contributed by atoms with Crippen LogP contribution in [0.5, 0.6) is 0 Å². The van der Waals surface area contributed by atoms with Crippen LogP contribution in [0.2, 0.25) is 0 Å². The van der Waals surface area contributed by atoms with Gasteiger partial charge in [-0.05, 0) is 18.2 Å². The Labute approximate surface area is 103 Å². The highest BCUT2D eigenvalue weighted by atomic mass is 16.5. The zero-order valence-corrected chi connectivity index (χ0v) is 9.83. The van der Waals surface area contributed by atoms with Crippen molar-refractivity contribution in [3.63, 3.8) is 0 Å². The number of nitrogen functional groups attached to an aromatic ring is 2. The summed E-state index contributed by atoms with van der Waals surface area (Å²) in [7, 11) is 1.73. The lowest BCUT2D eigenvalue weighted by Gasteiger charge is -2.04. The largest absolute Gasteiger partial charge is 0.455 e. The van der Waals surface area contributed by atoms with Gasteiger partial charge in [0.15, 0.2) is 0 Å². The van der Waals surface area contributed by atoms with Gasteiger partial charge >= 0.3 is 5.97 Å². The maximum absolute atomic E-state index is 11.7. The van der Waals surface area contributed by atoms with Crippen LogP contribution in [0.25, 0.3) is 0 Å². The number of ether oxygens (including phenoxy) is 1. The summed E-state index contributed by atoms with van der Waals surface area (Å²) in [6.45, 7) is 0.0569. The smallest absolute Gasteiger partial charge is 0.338 e. The minimum absolute atomic E-state index is 0.0569. The van der Waals surface area contributed by atoms with E-state index in [4.69, 9.17) is 16.2 Å². The third kappa shape index (κ3) is 2.76. The molecule has 0 bridgehead atoms. The SMILES string of the molecule is Cn1cc(COC(=O)c2cc(N)cc(N)c2)nn1. The normalized spacial score (nSPS) is 10.3. The van der Waals surface area contributed by atoms with Crippen LogP contribution >= 0.6 is 0 Å². The lowest BCUT2D eigenvalue weighted by atomic mass is 10.2. The highest BCUT2D eigenvalue weighted by molar-refractivity contribution is 5.91. The van der Waals surface area contributed by atoms with Crippen molar-refractivity contribution in [2.45, 2.75) is 6.61 Å². The van der Waals surface area contributed by atoms with E-state index in [9.17, 15) is 4.79 Å². The first kappa shape index (κ1) is 11.9. The van der Waals surface area contributed by atoms with Crippen LogP contribution in [0.15, 0.2) is 24.4 Å². The molecule has 1 aromatic carbocycles. The number of carbonyl (C=O) groups excluding carboxylic acids is 1. The quantitative estimate of drug-likeness (QED) is 0.597. The van der Waals surface area contributed by atoms with Crippen molar-refractivity contribution in [2.24, 2.45) is 7.05 Å². The van der Waals surface area contributed by atoms with Gasteiger partial charge in [-0.15, -0.1) is 5.10 Å². The first-order valence-corrected chi connectivity index (χ1v) is 5.23. The topological polar surface area (TPSA) is 109 Å². The molecule has 7 heteroatoms. The number of anilines is 2. The first-order chi connectivity index (χ1) is 8.54. The molecule has 94 valence electrons. The molecule has 18 heavy (non-hydrogen) atoms. The maximum atomic E-state index is 11.7. The van der Waals surface area contributed by atoms with Gasteiger partial charge in [0.25, 0.3) is 0 Å². The van der Waals surface area contributed by atoms with Crippen molar-refractivity contribution in [1.82, 2.24) is 15.0 Å². The predicted molar refractivity (Wildman–Crippen MR) is 65.4 cm³/mol. The van der Waals surface area contributed by atoms with Crippen LogP contribution in [0.4, 0.5) is 11.4 Å². The van der Waals surface area contributed by atoms with Crippen molar-refractivity contribution in [3.8, 4) is 0 Å². The highest BCUT2D eigenvalue weighted by Crippen LogP contribution is 2.14. The molecule has 1 heterocycles. The molecule has 0 aliphatic rings. The van der Waals surface area contributed by atoms with Gasteiger partial charge in [-0.2, -0.15) is 0 Å². The minimum atomic E-state index is -0.500. The second-order valence-corrected chi connectivity index (χ2v) is 3.85. The third-order valence-electron chi connectivity index (χ3n) is 2.21. The van der Waals surface area contributed by atoms with E-state index in [1.807, 2.05) is 0 Å². The van der Waals surface area contributed by atoms with Crippen LogP contribution in [-0.4, -0.2) is 21.0 Å². The van der Waals surface area contributed by atoms with Crippen LogP contribution < -0.4 is 11.5 Å². The Bertz CT molecular complexity index is 558. The van der Waals surface area contributed by atoms with Gasteiger partial charge in [-0.25, -0.2) is 4.79 Å². The molecule has 0 amide bonds. The molecule has 0 unspecified atom stereocenters. The molecule has 7 nitrogen and oxygen atoms in total. The number of nitrogens with two attached hydrogens (primary N) is 2. The minimum Gasteiger partial charge on any atom is -0.455 e. The molecule has 0 aliphatic heterocycles. The molecule has 0 saturated heterocycles. The first-order valence-electron chi connectivity index (χ1n) is 5.23. The van der Waals surface area contributed by atoms with E-state index in [1.165, 1.54) is 16.8 Å². The average Bonchev–Trinajstić information content (AvgIpc) is 2.70. The van der Waals surface area contributed by atoms with Gasteiger partial charge in [-0.3, -0.25) is 4.68 Å². The molecule has 0 fully saturated rings. The zero-order valence-electron chi connectivity index (χ0n) is 9.83. The van der Waals surface area contributed by atoms with E-state index < -0.39 is 5.97 Å². The zero-order chi connectivity index (χ0) is 13.1. The standard InChI is InChI=1S/C11H13N5O2/c1-16-5-10(14-15-16)6-18-11(17)7-2-8(12)4-9(13)3-7/h2-5H,6,12-13H2,1H3. The monoisotopic (exact) mass is 247 g/mol. The number of hydrogen-bond acceptors (Lipinski definition) is 6. The number of aromatic nitrogens is 3. The van der Waals surface area contributed by atoms with E-state index in [0.717, 1.165) is 0 Å². The second kappa shape index (κ2) is 4.74. The molecule has 0 spiro atoms. The Morgan fingerprint density at radius 2 is 2.00 bits per heavy atom. The molecule has 0 aliphatic carbocycles. The van der Waals surface area contributed by atoms with Crippen molar-refractivity contribution in [1.29, 1.82) is 0 Å². The summed E-state index contributed by atoms with van der Waals surface area (Å²) in [4.78, 5) is 11.7. The molecular weight excluding hydrogens is 234 g/mol. The highest BCUT2D eigenvalue weighted by Gasteiger charge is 2.10. The number of esters is 1. The number of hydrogen-bond donors (Lipinski definition) is 2. The average molecular weight is 247 g/mol. The Balaban J connectivity index is 2.03. The molecule has 2 rings (SSSR count). The van der Waals surface area contributed by atoms with Crippen LogP contribution in [0, 0.1) is 0 Å². The summed E-state index contributed by atoms with van der Waals surface area (Å²) < 4.78 is 6.60. The Kier molecular flexibility index (Phi) is 3.13. The number of rotatable bonds is 3. The summed E-state index contributed by atoms with van der Waals surface area (Å²) in [5.41, 5.74) is 12.9. The molecule has 2 aromatic rings. The lowest BCUT2D eigenvalue weighted by Crippen LogP contribution is -2.07. The van der Waals surface area contributed by atoms with Crippen LogP contribution in [0.1, 0.15) is 16.1 Å². The molecule has 0 saturated carbocycles. The summed E-state index contributed by atoms with van der Waals surface area (Å²) in [6, 6.07) is 4.59.